The van der Waals surface area contributed by atoms with Crippen molar-refractivity contribution in [1.82, 2.24) is 0 Å². The first kappa shape index (κ1) is 15.4. The van der Waals surface area contributed by atoms with Gasteiger partial charge in [-0.05, 0) is 43.7 Å². The van der Waals surface area contributed by atoms with Crippen LogP contribution >= 0.6 is 12.0 Å². The largest absolute Gasteiger partial charge is 0.386 e. The summed E-state index contributed by atoms with van der Waals surface area (Å²) in [6.07, 6.45) is 6.49. The minimum absolute atomic E-state index is 0.0117. The summed E-state index contributed by atoms with van der Waals surface area (Å²) in [5.74, 6) is 0.204. The lowest BCUT2D eigenvalue weighted by molar-refractivity contribution is -0.138. The third-order valence-corrected chi connectivity index (χ3v) is 4.69. The first-order valence-corrected chi connectivity index (χ1v) is 8.07. The third kappa shape index (κ3) is 4.23. The molecule has 1 aliphatic rings. The van der Waals surface area contributed by atoms with E-state index in [-0.39, 0.29) is 17.7 Å². The van der Waals surface area contributed by atoms with Crippen LogP contribution in [0.25, 0.3) is 0 Å². The molecular weight excluding hydrogens is 275 g/mol. The molecule has 0 radical (unpaired) electrons. The van der Waals surface area contributed by atoms with Crippen molar-refractivity contribution in [1.29, 1.82) is 0 Å². The Labute approximate surface area is 124 Å². The van der Waals surface area contributed by atoms with Crippen molar-refractivity contribution in [2.24, 2.45) is 11.8 Å². The Kier molecular flexibility index (Phi) is 5.89. The molecule has 0 aromatic heterocycles. The predicted octanol–water partition coefficient (Wildman–Crippen LogP) is 4.98. The van der Waals surface area contributed by atoms with Gasteiger partial charge in [-0.2, -0.15) is 0 Å². The molecule has 1 aromatic carbocycles. The zero-order valence-electron chi connectivity index (χ0n) is 11.8. The smallest absolute Gasteiger partial charge is 0.321 e. The molecule has 4 heteroatoms. The second-order valence-electron chi connectivity index (χ2n) is 5.42. The third-order valence-electron chi connectivity index (χ3n) is 3.93. The topological polar surface area (TPSA) is 26.3 Å². The fourth-order valence-electron chi connectivity index (χ4n) is 2.76. The Morgan fingerprint density at radius 2 is 2.00 bits per heavy atom. The molecule has 0 atom stereocenters. The molecule has 110 valence electrons. The average molecular weight is 296 g/mol. The zero-order valence-corrected chi connectivity index (χ0v) is 12.6. The molecule has 0 N–H and O–H groups in total. The maximum absolute atomic E-state index is 13.4. The summed E-state index contributed by atoms with van der Waals surface area (Å²) < 4.78 is 18.6. The van der Waals surface area contributed by atoms with Gasteiger partial charge in [-0.1, -0.05) is 31.9 Å². The number of benzene rings is 1. The maximum atomic E-state index is 13.4. The van der Waals surface area contributed by atoms with Crippen LogP contribution in [0.5, 0.6) is 0 Å². The number of hydrogen-bond donors (Lipinski definition) is 0. The van der Waals surface area contributed by atoms with Gasteiger partial charge in [-0.15, -0.1) is 0 Å². The number of rotatable bonds is 5. The van der Waals surface area contributed by atoms with Gasteiger partial charge in [0, 0.05) is 0 Å². The summed E-state index contributed by atoms with van der Waals surface area (Å²) in [7, 11) is 0. The molecule has 20 heavy (non-hydrogen) atoms. The summed E-state index contributed by atoms with van der Waals surface area (Å²) in [4.78, 5) is 12.3. The van der Waals surface area contributed by atoms with Gasteiger partial charge in [0.05, 0.1) is 22.9 Å². The molecule has 0 spiro atoms. The number of hydrogen-bond acceptors (Lipinski definition) is 3. The lowest BCUT2D eigenvalue weighted by Crippen LogP contribution is -2.22. The number of carbonyl (C=O) groups excluding carboxylic acids is 1. The Morgan fingerprint density at radius 1 is 1.30 bits per heavy atom. The summed E-state index contributed by atoms with van der Waals surface area (Å²) in [6.45, 7) is 2.20. The fraction of sp³-hybridized carbons (Fsp3) is 0.562. The highest BCUT2D eigenvalue weighted by Crippen LogP contribution is 2.33. The van der Waals surface area contributed by atoms with Crippen molar-refractivity contribution in [2.75, 3.05) is 0 Å². The molecule has 0 heterocycles. The Morgan fingerprint density at radius 3 is 2.65 bits per heavy atom. The summed E-state index contributed by atoms with van der Waals surface area (Å²) in [5, 5.41) is 0. The molecule has 0 bridgehead atoms. The van der Waals surface area contributed by atoms with Crippen LogP contribution in [0.15, 0.2) is 29.2 Å². The van der Waals surface area contributed by atoms with E-state index in [4.69, 9.17) is 4.18 Å². The van der Waals surface area contributed by atoms with Crippen molar-refractivity contribution in [3.63, 3.8) is 0 Å². The number of halogens is 1. The van der Waals surface area contributed by atoms with Gasteiger partial charge in [-0.25, -0.2) is 4.39 Å². The van der Waals surface area contributed by atoms with Crippen molar-refractivity contribution >= 4 is 18.0 Å². The molecule has 0 aliphatic heterocycles. The van der Waals surface area contributed by atoms with Crippen molar-refractivity contribution in [3.8, 4) is 0 Å². The van der Waals surface area contributed by atoms with Crippen LogP contribution in [0.1, 0.15) is 45.4 Å². The molecule has 2 nitrogen and oxygen atoms in total. The van der Waals surface area contributed by atoms with Gasteiger partial charge >= 0.3 is 5.97 Å². The lowest BCUT2D eigenvalue weighted by atomic mass is 9.80. The predicted molar refractivity (Wildman–Crippen MR) is 78.7 cm³/mol. The highest BCUT2D eigenvalue weighted by molar-refractivity contribution is 7.95. The standard InChI is InChI=1S/C16H21FO2S/c1-2-5-12-8-10-13(11-9-12)16(18)19-20-15-7-4-3-6-14(15)17/h3-4,6-7,12-13H,2,5,8-11H2,1H3. The highest BCUT2D eigenvalue weighted by Gasteiger charge is 2.27. The van der Waals surface area contributed by atoms with Crippen LogP contribution in [0.3, 0.4) is 0 Å². The summed E-state index contributed by atoms with van der Waals surface area (Å²) >= 11 is 0.835. The van der Waals surface area contributed by atoms with E-state index in [0.29, 0.717) is 4.90 Å². The van der Waals surface area contributed by atoms with Crippen molar-refractivity contribution < 1.29 is 13.4 Å². The van der Waals surface area contributed by atoms with E-state index in [1.165, 1.54) is 18.9 Å². The van der Waals surface area contributed by atoms with Gasteiger partial charge < -0.3 is 4.18 Å². The minimum atomic E-state index is -0.350. The minimum Gasteiger partial charge on any atom is -0.386 e. The van der Waals surface area contributed by atoms with E-state index in [9.17, 15) is 9.18 Å². The van der Waals surface area contributed by atoms with Crippen molar-refractivity contribution in [3.05, 3.63) is 30.1 Å². The molecular formula is C16H21FO2S. The molecule has 1 aromatic rings. The van der Waals surface area contributed by atoms with Gasteiger partial charge in [0.1, 0.15) is 5.82 Å². The first-order chi connectivity index (χ1) is 9.70. The van der Waals surface area contributed by atoms with Crippen LogP contribution in [0.2, 0.25) is 0 Å². The van der Waals surface area contributed by atoms with Crippen LogP contribution in [0, 0.1) is 17.7 Å². The fourth-order valence-corrected chi connectivity index (χ4v) is 3.35. The second-order valence-corrected chi connectivity index (χ2v) is 6.20. The van der Waals surface area contributed by atoms with E-state index in [1.54, 1.807) is 18.2 Å². The van der Waals surface area contributed by atoms with E-state index in [1.807, 2.05) is 0 Å². The first-order valence-electron chi connectivity index (χ1n) is 7.33. The SMILES string of the molecule is CCCC1CCC(C(=O)OSc2ccccc2F)CC1. The molecule has 0 saturated heterocycles. The van der Waals surface area contributed by atoms with E-state index in [0.717, 1.165) is 43.6 Å². The number of carbonyl (C=O) groups is 1. The van der Waals surface area contributed by atoms with E-state index < -0.39 is 0 Å². The van der Waals surface area contributed by atoms with Gasteiger partial charge in [0.25, 0.3) is 0 Å². The van der Waals surface area contributed by atoms with Crippen LogP contribution < -0.4 is 0 Å². The van der Waals surface area contributed by atoms with E-state index >= 15 is 0 Å². The molecule has 0 unspecified atom stereocenters. The maximum Gasteiger partial charge on any atom is 0.321 e. The molecule has 1 fully saturated rings. The Bertz CT molecular complexity index is 442. The average Bonchev–Trinajstić information content (AvgIpc) is 2.47. The molecule has 2 rings (SSSR count). The Hall–Kier alpha value is -1.03. The summed E-state index contributed by atoms with van der Waals surface area (Å²) in [5.41, 5.74) is 0. The molecule has 1 aliphatic carbocycles. The second kappa shape index (κ2) is 7.67. The van der Waals surface area contributed by atoms with Crippen LogP contribution in [0.4, 0.5) is 4.39 Å². The van der Waals surface area contributed by atoms with Gasteiger partial charge in [0.2, 0.25) is 0 Å². The normalized spacial score (nSPS) is 22.5. The van der Waals surface area contributed by atoms with E-state index in [2.05, 4.69) is 6.92 Å². The van der Waals surface area contributed by atoms with Gasteiger partial charge in [0.15, 0.2) is 0 Å². The van der Waals surface area contributed by atoms with Crippen LogP contribution in [-0.2, 0) is 8.98 Å². The lowest BCUT2D eigenvalue weighted by Gasteiger charge is -2.26. The Balaban J connectivity index is 1.77. The van der Waals surface area contributed by atoms with Crippen molar-refractivity contribution in [2.45, 2.75) is 50.3 Å². The quantitative estimate of drug-likeness (QED) is 0.717. The molecule has 0 amide bonds. The highest BCUT2D eigenvalue weighted by atomic mass is 32.2. The monoisotopic (exact) mass is 296 g/mol. The molecule has 1 saturated carbocycles. The van der Waals surface area contributed by atoms with Gasteiger partial charge in [-0.3, -0.25) is 4.79 Å². The zero-order chi connectivity index (χ0) is 14.4. The summed E-state index contributed by atoms with van der Waals surface area (Å²) in [6, 6.07) is 6.34. The van der Waals surface area contributed by atoms with Crippen LogP contribution in [-0.4, -0.2) is 5.97 Å².